The Kier molecular flexibility index (Phi) is 4.96. The number of azo groups is 1. The summed E-state index contributed by atoms with van der Waals surface area (Å²) in [7, 11) is -2.02. The Labute approximate surface area is 161 Å². The monoisotopic (exact) mass is 403 g/mol. The Morgan fingerprint density at radius 2 is 1.89 bits per heavy atom. The van der Waals surface area contributed by atoms with Gasteiger partial charge in [-0.2, -0.15) is 0 Å². The van der Waals surface area contributed by atoms with Crippen molar-refractivity contribution >= 4 is 49.6 Å². The minimum absolute atomic E-state index is 0.00311. The van der Waals surface area contributed by atoms with E-state index in [2.05, 4.69) is 15.5 Å². The van der Waals surface area contributed by atoms with Crippen LogP contribution in [0.1, 0.15) is 5.56 Å². The van der Waals surface area contributed by atoms with Crippen LogP contribution in [-0.2, 0) is 17.1 Å². The van der Waals surface area contributed by atoms with Gasteiger partial charge >= 0.3 is 0 Å². The highest BCUT2D eigenvalue weighted by atomic mass is 32.2. The van der Waals surface area contributed by atoms with Crippen LogP contribution < -0.4 is 10.5 Å². The molecule has 0 saturated heterocycles. The molecule has 3 aromatic rings. The predicted molar refractivity (Wildman–Crippen MR) is 108 cm³/mol. The van der Waals surface area contributed by atoms with E-state index in [0.29, 0.717) is 11.4 Å². The fourth-order valence-corrected chi connectivity index (χ4v) is 3.27. The van der Waals surface area contributed by atoms with Gasteiger partial charge in [-0.15, -0.1) is 10.2 Å². The van der Waals surface area contributed by atoms with E-state index in [0.717, 1.165) is 16.5 Å². The summed E-state index contributed by atoms with van der Waals surface area (Å²) in [6.45, 7) is 1.95. The SMILES string of the molecule is Cc1ccc2c(c1)c(N=NC(=S)Nc1ccc(S(N)(=O)=O)cc1)c(O)n2C. The van der Waals surface area contributed by atoms with Crippen LogP contribution in [0.25, 0.3) is 10.9 Å². The quantitative estimate of drug-likeness (QED) is 0.457. The number of rotatable bonds is 3. The first kappa shape index (κ1) is 19.0. The Hall–Kier alpha value is -2.82. The van der Waals surface area contributed by atoms with Crippen LogP contribution in [0.2, 0.25) is 0 Å². The molecule has 10 heteroatoms. The molecule has 0 aliphatic carbocycles. The van der Waals surface area contributed by atoms with E-state index in [4.69, 9.17) is 17.4 Å². The third-order valence-corrected chi connectivity index (χ3v) is 5.09. The van der Waals surface area contributed by atoms with Crippen molar-refractivity contribution in [2.75, 3.05) is 5.32 Å². The van der Waals surface area contributed by atoms with Gasteiger partial charge in [0.1, 0.15) is 0 Å². The van der Waals surface area contributed by atoms with E-state index in [1.165, 1.54) is 24.3 Å². The summed E-state index contributed by atoms with van der Waals surface area (Å²) in [5, 5.41) is 27.0. The molecular formula is C17H17N5O3S2. The van der Waals surface area contributed by atoms with Crippen molar-refractivity contribution in [2.24, 2.45) is 22.4 Å². The maximum absolute atomic E-state index is 11.3. The molecule has 4 N–H and O–H groups in total. The molecule has 27 heavy (non-hydrogen) atoms. The summed E-state index contributed by atoms with van der Waals surface area (Å²) in [5.41, 5.74) is 2.71. The highest BCUT2D eigenvalue weighted by Gasteiger charge is 2.14. The largest absolute Gasteiger partial charge is 0.493 e. The van der Waals surface area contributed by atoms with Crippen LogP contribution in [0.15, 0.2) is 57.6 Å². The molecule has 0 atom stereocenters. The van der Waals surface area contributed by atoms with Gasteiger partial charge < -0.3 is 15.0 Å². The van der Waals surface area contributed by atoms with E-state index in [9.17, 15) is 13.5 Å². The van der Waals surface area contributed by atoms with Gasteiger partial charge in [-0.25, -0.2) is 13.6 Å². The number of sulfonamides is 1. The average Bonchev–Trinajstić information content (AvgIpc) is 2.83. The van der Waals surface area contributed by atoms with Gasteiger partial charge in [0.2, 0.25) is 21.0 Å². The number of benzene rings is 2. The van der Waals surface area contributed by atoms with Crippen LogP contribution >= 0.6 is 12.2 Å². The molecule has 0 unspecified atom stereocenters. The zero-order valence-electron chi connectivity index (χ0n) is 14.5. The minimum atomic E-state index is -3.75. The van der Waals surface area contributed by atoms with Crippen LogP contribution in [0, 0.1) is 6.92 Å². The molecule has 1 heterocycles. The van der Waals surface area contributed by atoms with E-state index in [1.807, 2.05) is 25.1 Å². The van der Waals surface area contributed by atoms with Gasteiger partial charge in [0.05, 0.1) is 10.4 Å². The second kappa shape index (κ2) is 7.06. The van der Waals surface area contributed by atoms with Gasteiger partial charge in [0.25, 0.3) is 0 Å². The molecule has 140 valence electrons. The van der Waals surface area contributed by atoms with E-state index < -0.39 is 10.0 Å². The molecule has 0 amide bonds. The summed E-state index contributed by atoms with van der Waals surface area (Å²) >= 11 is 5.14. The number of hydrogen-bond donors (Lipinski definition) is 3. The fourth-order valence-electron chi connectivity index (χ4n) is 2.60. The molecule has 2 aromatic carbocycles. The van der Waals surface area contributed by atoms with Crippen LogP contribution in [-0.4, -0.2) is 23.2 Å². The van der Waals surface area contributed by atoms with Crippen molar-refractivity contribution in [3.05, 3.63) is 48.0 Å². The standard InChI is InChI=1S/C17H17N5O3S2/c1-10-3-8-14-13(9-10)15(16(23)22(14)2)20-21-17(26)19-11-4-6-12(7-5-11)27(18,24)25/h3-9,23H,1-2H3,(H,19,26)(H2,18,24,25). The molecule has 0 saturated carbocycles. The first-order valence-corrected chi connectivity index (χ1v) is 9.76. The molecule has 1 aromatic heterocycles. The second-order valence-corrected chi connectivity index (χ2v) is 7.90. The molecule has 0 aliphatic heterocycles. The van der Waals surface area contributed by atoms with Crippen molar-refractivity contribution in [2.45, 2.75) is 11.8 Å². The number of nitrogens with one attached hydrogen (secondary N) is 1. The van der Waals surface area contributed by atoms with Crippen molar-refractivity contribution in [3.63, 3.8) is 0 Å². The number of nitrogens with zero attached hydrogens (tertiary/aromatic N) is 3. The number of aromatic hydroxyl groups is 1. The summed E-state index contributed by atoms with van der Waals surface area (Å²) in [6.07, 6.45) is 0. The van der Waals surface area contributed by atoms with Crippen molar-refractivity contribution in [1.82, 2.24) is 4.57 Å². The normalized spacial score (nSPS) is 12.0. The molecule has 0 spiro atoms. The molecule has 0 fully saturated rings. The van der Waals surface area contributed by atoms with Crippen molar-refractivity contribution in [1.29, 1.82) is 0 Å². The number of nitrogens with two attached hydrogens (primary N) is 1. The summed E-state index contributed by atoms with van der Waals surface area (Å²) in [5.74, 6) is -0.0142. The number of aryl methyl sites for hydroxylation is 2. The second-order valence-electron chi connectivity index (χ2n) is 5.95. The lowest BCUT2D eigenvalue weighted by atomic mass is 10.1. The van der Waals surface area contributed by atoms with E-state index >= 15 is 0 Å². The number of anilines is 1. The molecule has 0 radical (unpaired) electrons. The van der Waals surface area contributed by atoms with E-state index in [-0.39, 0.29) is 15.9 Å². The lowest BCUT2D eigenvalue weighted by Crippen LogP contribution is -2.12. The zero-order chi connectivity index (χ0) is 19.8. The van der Waals surface area contributed by atoms with Crippen LogP contribution in [0.4, 0.5) is 11.4 Å². The molecule has 0 aliphatic rings. The average molecular weight is 403 g/mol. The summed E-state index contributed by atoms with van der Waals surface area (Å²) in [4.78, 5) is -0.00311. The number of hydrogen-bond acceptors (Lipinski definition) is 5. The summed E-state index contributed by atoms with van der Waals surface area (Å²) < 4.78 is 24.1. The Morgan fingerprint density at radius 3 is 2.52 bits per heavy atom. The van der Waals surface area contributed by atoms with Gasteiger partial charge in [0, 0.05) is 18.1 Å². The highest BCUT2D eigenvalue weighted by molar-refractivity contribution is 7.89. The number of aromatic nitrogens is 1. The predicted octanol–water partition coefficient (Wildman–Crippen LogP) is 3.32. The van der Waals surface area contributed by atoms with Crippen LogP contribution in [0.3, 0.4) is 0 Å². The lowest BCUT2D eigenvalue weighted by Gasteiger charge is -2.04. The Bertz CT molecular complexity index is 1170. The molecule has 8 nitrogen and oxygen atoms in total. The summed E-state index contributed by atoms with van der Waals surface area (Å²) in [6, 6.07) is 11.5. The Morgan fingerprint density at radius 1 is 1.22 bits per heavy atom. The third-order valence-electron chi connectivity index (χ3n) is 3.97. The van der Waals surface area contributed by atoms with E-state index in [1.54, 1.807) is 11.6 Å². The smallest absolute Gasteiger partial charge is 0.238 e. The number of thiocarbonyl (C=S) groups is 1. The lowest BCUT2D eigenvalue weighted by molar-refractivity contribution is 0.436. The van der Waals surface area contributed by atoms with Crippen molar-refractivity contribution < 1.29 is 13.5 Å². The number of fused-ring (bicyclic) bond motifs is 1. The maximum Gasteiger partial charge on any atom is 0.238 e. The minimum Gasteiger partial charge on any atom is -0.493 e. The molecular weight excluding hydrogens is 386 g/mol. The topological polar surface area (TPSA) is 122 Å². The maximum atomic E-state index is 11.3. The van der Waals surface area contributed by atoms with Gasteiger partial charge in [-0.05, 0) is 55.5 Å². The van der Waals surface area contributed by atoms with Gasteiger partial charge in [-0.1, -0.05) is 11.6 Å². The first-order valence-electron chi connectivity index (χ1n) is 7.80. The zero-order valence-corrected chi connectivity index (χ0v) is 16.2. The number of primary sulfonamides is 1. The highest BCUT2D eigenvalue weighted by Crippen LogP contribution is 2.38. The Balaban J connectivity index is 1.82. The molecule has 3 rings (SSSR count). The van der Waals surface area contributed by atoms with Crippen LogP contribution in [0.5, 0.6) is 5.88 Å². The fraction of sp³-hybridized carbons (Fsp3) is 0.118. The first-order chi connectivity index (χ1) is 12.7. The third kappa shape index (κ3) is 3.97. The van der Waals surface area contributed by atoms with Gasteiger partial charge in [-0.3, -0.25) is 0 Å². The molecule has 0 bridgehead atoms. The van der Waals surface area contributed by atoms with Gasteiger partial charge in [0.15, 0.2) is 5.69 Å². The van der Waals surface area contributed by atoms with Crippen molar-refractivity contribution in [3.8, 4) is 5.88 Å².